The van der Waals surface area contributed by atoms with Crippen LogP contribution >= 0.6 is 0 Å². The van der Waals surface area contributed by atoms with Gasteiger partial charge in [-0.1, -0.05) is 6.92 Å². The molecule has 22 heavy (non-hydrogen) atoms. The highest BCUT2D eigenvalue weighted by atomic mass is 15.1. The highest BCUT2D eigenvalue weighted by Gasteiger charge is 2.33. The molecule has 3 rings (SSSR count). The Morgan fingerprint density at radius 1 is 1.32 bits per heavy atom. The third-order valence-corrected chi connectivity index (χ3v) is 5.42. The summed E-state index contributed by atoms with van der Waals surface area (Å²) in [6, 6.07) is 0.505. The van der Waals surface area contributed by atoms with E-state index in [4.69, 9.17) is 0 Å². The van der Waals surface area contributed by atoms with Crippen LogP contribution in [-0.4, -0.2) is 45.5 Å². The molecule has 1 saturated carbocycles. The highest BCUT2D eigenvalue weighted by molar-refractivity contribution is 5.90. The standard InChI is InChI=1S/C17H27N5/c1-5-12-10-18-15-14(12)16(20-11-19-15)21-13-6-8-17(2,9-7-13)22(3)4/h10-11,13H,5-9H2,1-4H3,(H2,18,19,20,21). The highest BCUT2D eigenvalue weighted by Crippen LogP contribution is 2.34. The fourth-order valence-corrected chi connectivity index (χ4v) is 3.44. The molecule has 0 amide bonds. The van der Waals surface area contributed by atoms with Crippen molar-refractivity contribution in [1.82, 2.24) is 19.9 Å². The van der Waals surface area contributed by atoms with Crippen LogP contribution in [0.3, 0.4) is 0 Å². The summed E-state index contributed by atoms with van der Waals surface area (Å²) in [6.45, 7) is 4.54. The molecule has 2 N–H and O–H groups in total. The smallest absolute Gasteiger partial charge is 0.143 e. The van der Waals surface area contributed by atoms with Crippen LogP contribution in [0.5, 0.6) is 0 Å². The Labute approximate surface area is 132 Å². The summed E-state index contributed by atoms with van der Waals surface area (Å²) in [5, 5.41) is 4.83. The second kappa shape index (κ2) is 5.88. The van der Waals surface area contributed by atoms with Crippen molar-refractivity contribution in [2.24, 2.45) is 0 Å². The predicted molar refractivity (Wildman–Crippen MR) is 91.2 cm³/mol. The molecule has 120 valence electrons. The molecule has 2 aromatic heterocycles. The van der Waals surface area contributed by atoms with Gasteiger partial charge >= 0.3 is 0 Å². The molecule has 0 aromatic carbocycles. The largest absolute Gasteiger partial charge is 0.367 e. The SMILES string of the molecule is CCc1c[nH]c2ncnc(NC3CCC(C)(N(C)C)CC3)c12. The molecule has 0 aliphatic heterocycles. The van der Waals surface area contributed by atoms with Gasteiger partial charge in [-0.3, -0.25) is 0 Å². The van der Waals surface area contributed by atoms with E-state index in [-0.39, 0.29) is 0 Å². The predicted octanol–water partition coefficient (Wildman–Crippen LogP) is 3.20. The second-order valence-electron chi connectivity index (χ2n) is 6.92. The van der Waals surface area contributed by atoms with Crippen molar-refractivity contribution < 1.29 is 0 Å². The number of hydrogen-bond acceptors (Lipinski definition) is 4. The monoisotopic (exact) mass is 301 g/mol. The Bertz CT molecular complexity index is 638. The van der Waals surface area contributed by atoms with Crippen molar-refractivity contribution in [2.75, 3.05) is 19.4 Å². The first kappa shape index (κ1) is 15.3. The molecule has 2 heterocycles. The minimum absolute atomic E-state index is 0.335. The van der Waals surface area contributed by atoms with Crippen LogP contribution in [0.25, 0.3) is 11.0 Å². The van der Waals surface area contributed by atoms with Crippen molar-refractivity contribution in [3.8, 4) is 0 Å². The average molecular weight is 301 g/mol. The zero-order valence-electron chi connectivity index (χ0n) is 14.1. The number of aryl methyl sites for hydroxylation is 1. The van der Waals surface area contributed by atoms with Gasteiger partial charge in [-0.2, -0.15) is 0 Å². The third kappa shape index (κ3) is 2.70. The minimum atomic E-state index is 0.335. The molecule has 5 heteroatoms. The van der Waals surface area contributed by atoms with Crippen molar-refractivity contribution in [3.05, 3.63) is 18.1 Å². The first-order valence-corrected chi connectivity index (χ1v) is 8.28. The van der Waals surface area contributed by atoms with Crippen LogP contribution in [0.1, 0.15) is 45.1 Å². The minimum Gasteiger partial charge on any atom is -0.367 e. The lowest BCUT2D eigenvalue weighted by molar-refractivity contribution is 0.116. The fraction of sp³-hybridized carbons (Fsp3) is 0.647. The van der Waals surface area contributed by atoms with Gasteiger partial charge in [0.25, 0.3) is 0 Å². The zero-order valence-corrected chi connectivity index (χ0v) is 14.1. The van der Waals surface area contributed by atoms with Gasteiger partial charge < -0.3 is 15.2 Å². The molecular weight excluding hydrogens is 274 g/mol. The summed E-state index contributed by atoms with van der Waals surface area (Å²) >= 11 is 0. The molecule has 1 aliphatic carbocycles. The molecule has 0 bridgehead atoms. The van der Waals surface area contributed by atoms with E-state index in [0.717, 1.165) is 23.3 Å². The van der Waals surface area contributed by atoms with Crippen LogP contribution in [0.15, 0.2) is 12.5 Å². The molecule has 1 aliphatic rings. The Kier molecular flexibility index (Phi) is 4.08. The summed E-state index contributed by atoms with van der Waals surface area (Å²) in [5.74, 6) is 0.988. The average Bonchev–Trinajstić information content (AvgIpc) is 2.94. The second-order valence-corrected chi connectivity index (χ2v) is 6.92. The summed E-state index contributed by atoms with van der Waals surface area (Å²) in [5.41, 5.74) is 2.55. The Hall–Kier alpha value is -1.62. The van der Waals surface area contributed by atoms with Crippen molar-refractivity contribution in [1.29, 1.82) is 0 Å². The Morgan fingerprint density at radius 3 is 2.68 bits per heavy atom. The number of aromatic amines is 1. The van der Waals surface area contributed by atoms with Crippen LogP contribution in [0, 0.1) is 0 Å². The number of fused-ring (bicyclic) bond motifs is 1. The van der Waals surface area contributed by atoms with E-state index in [0.29, 0.717) is 11.6 Å². The number of rotatable bonds is 4. The van der Waals surface area contributed by atoms with E-state index < -0.39 is 0 Å². The molecule has 5 nitrogen and oxygen atoms in total. The maximum atomic E-state index is 4.50. The van der Waals surface area contributed by atoms with Crippen molar-refractivity contribution >= 4 is 16.9 Å². The Morgan fingerprint density at radius 2 is 2.05 bits per heavy atom. The zero-order chi connectivity index (χ0) is 15.7. The van der Waals surface area contributed by atoms with Gasteiger partial charge in [0, 0.05) is 17.8 Å². The maximum Gasteiger partial charge on any atom is 0.143 e. The first-order valence-electron chi connectivity index (χ1n) is 8.28. The summed E-state index contributed by atoms with van der Waals surface area (Å²) in [7, 11) is 4.38. The van der Waals surface area contributed by atoms with Gasteiger partial charge in [-0.25, -0.2) is 9.97 Å². The molecule has 0 spiro atoms. The van der Waals surface area contributed by atoms with Gasteiger partial charge in [-0.05, 0) is 58.7 Å². The molecular formula is C17H27N5. The normalized spacial score (nSPS) is 25.8. The van der Waals surface area contributed by atoms with Gasteiger partial charge in [0.05, 0.1) is 5.39 Å². The quantitative estimate of drug-likeness (QED) is 0.910. The summed E-state index contributed by atoms with van der Waals surface area (Å²) < 4.78 is 0. The third-order valence-electron chi connectivity index (χ3n) is 5.42. The van der Waals surface area contributed by atoms with E-state index in [1.54, 1.807) is 6.33 Å². The number of hydrogen-bond donors (Lipinski definition) is 2. The molecule has 0 radical (unpaired) electrons. The van der Waals surface area contributed by atoms with Crippen LogP contribution in [-0.2, 0) is 6.42 Å². The van der Waals surface area contributed by atoms with Crippen molar-refractivity contribution in [3.63, 3.8) is 0 Å². The van der Waals surface area contributed by atoms with E-state index in [1.807, 2.05) is 0 Å². The van der Waals surface area contributed by atoms with Gasteiger partial charge in [0.2, 0.25) is 0 Å². The van der Waals surface area contributed by atoms with E-state index in [2.05, 4.69) is 59.3 Å². The topological polar surface area (TPSA) is 56.8 Å². The molecule has 2 aromatic rings. The number of aromatic nitrogens is 3. The maximum absolute atomic E-state index is 4.50. The van der Waals surface area contributed by atoms with Crippen molar-refractivity contribution in [2.45, 2.75) is 57.5 Å². The van der Waals surface area contributed by atoms with Gasteiger partial charge in [0.1, 0.15) is 17.8 Å². The molecule has 0 atom stereocenters. The lowest BCUT2D eigenvalue weighted by atomic mass is 9.80. The van der Waals surface area contributed by atoms with Crippen LogP contribution in [0.2, 0.25) is 0 Å². The summed E-state index contributed by atoms with van der Waals surface area (Å²) in [6.07, 6.45) is 9.50. The number of H-pyrrole nitrogens is 1. The fourth-order valence-electron chi connectivity index (χ4n) is 3.44. The van der Waals surface area contributed by atoms with E-state index in [1.165, 1.54) is 31.2 Å². The number of nitrogens with zero attached hydrogens (tertiary/aromatic N) is 3. The lowest BCUT2D eigenvalue weighted by Gasteiger charge is -2.42. The number of anilines is 1. The van der Waals surface area contributed by atoms with E-state index in [9.17, 15) is 0 Å². The van der Waals surface area contributed by atoms with Gasteiger partial charge in [0.15, 0.2) is 0 Å². The lowest BCUT2D eigenvalue weighted by Crippen LogP contribution is -2.46. The van der Waals surface area contributed by atoms with Crippen LogP contribution < -0.4 is 5.32 Å². The molecule has 1 fully saturated rings. The number of nitrogens with one attached hydrogen (secondary N) is 2. The first-order chi connectivity index (χ1) is 10.5. The Balaban J connectivity index is 1.76. The molecule has 0 unspecified atom stereocenters. The summed E-state index contributed by atoms with van der Waals surface area (Å²) in [4.78, 5) is 14.5. The van der Waals surface area contributed by atoms with Crippen LogP contribution in [0.4, 0.5) is 5.82 Å². The molecule has 0 saturated heterocycles. The van der Waals surface area contributed by atoms with Gasteiger partial charge in [-0.15, -0.1) is 0 Å². The van der Waals surface area contributed by atoms with E-state index >= 15 is 0 Å².